The molecule has 18 heavy (non-hydrogen) atoms. The van der Waals surface area contributed by atoms with E-state index in [0.29, 0.717) is 13.0 Å². The van der Waals surface area contributed by atoms with Crippen molar-refractivity contribution in [3.05, 3.63) is 29.8 Å². The molecule has 1 amide bonds. The van der Waals surface area contributed by atoms with Crippen LogP contribution >= 0.6 is 0 Å². The molecule has 0 aromatic heterocycles. The SMILES string of the molecule is O=C(O)CCNC(=O)C1CNc2ccccc2C1. The third kappa shape index (κ3) is 3.00. The molecular formula is C13H16N2O3. The van der Waals surface area contributed by atoms with Gasteiger partial charge >= 0.3 is 5.97 Å². The molecule has 5 heteroatoms. The Hall–Kier alpha value is -2.04. The van der Waals surface area contributed by atoms with Crippen molar-refractivity contribution < 1.29 is 14.7 Å². The fraction of sp³-hybridized carbons (Fsp3) is 0.385. The number of carboxylic acid groups (broad SMARTS) is 1. The van der Waals surface area contributed by atoms with Crippen LogP contribution in [0.4, 0.5) is 5.69 Å². The molecule has 5 nitrogen and oxygen atoms in total. The predicted molar refractivity (Wildman–Crippen MR) is 67.4 cm³/mol. The van der Waals surface area contributed by atoms with Gasteiger partial charge in [0.2, 0.25) is 5.91 Å². The standard InChI is InChI=1S/C13H16N2O3/c16-12(17)5-6-14-13(18)10-7-9-3-1-2-4-11(9)15-8-10/h1-4,10,15H,5-8H2,(H,14,18)(H,16,17). The van der Waals surface area contributed by atoms with E-state index in [2.05, 4.69) is 10.6 Å². The van der Waals surface area contributed by atoms with Gasteiger partial charge in [0, 0.05) is 18.8 Å². The van der Waals surface area contributed by atoms with E-state index >= 15 is 0 Å². The minimum atomic E-state index is -0.901. The fourth-order valence-corrected chi connectivity index (χ4v) is 2.06. The highest BCUT2D eigenvalue weighted by Gasteiger charge is 2.23. The predicted octanol–water partition coefficient (Wildman–Crippen LogP) is 0.862. The zero-order valence-electron chi connectivity index (χ0n) is 9.98. The van der Waals surface area contributed by atoms with Crippen molar-refractivity contribution in [2.75, 3.05) is 18.4 Å². The molecule has 0 saturated heterocycles. The maximum atomic E-state index is 11.8. The monoisotopic (exact) mass is 248 g/mol. The molecule has 0 bridgehead atoms. The number of benzene rings is 1. The van der Waals surface area contributed by atoms with Gasteiger partial charge in [-0.3, -0.25) is 9.59 Å². The maximum absolute atomic E-state index is 11.8. The molecule has 0 saturated carbocycles. The Morgan fingerprint density at radius 1 is 1.39 bits per heavy atom. The largest absolute Gasteiger partial charge is 0.481 e. The smallest absolute Gasteiger partial charge is 0.305 e. The molecule has 2 rings (SSSR count). The van der Waals surface area contributed by atoms with E-state index in [0.717, 1.165) is 11.3 Å². The van der Waals surface area contributed by atoms with Crippen molar-refractivity contribution >= 4 is 17.6 Å². The molecule has 0 aliphatic carbocycles. The quantitative estimate of drug-likeness (QED) is 0.738. The molecule has 1 unspecified atom stereocenters. The number of hydrogen-bond donors (Lipinski definition) is 3. The normalized spacial score (nSPS) is 17.4. The highest BCUT2D eigenvalue weighted by atomic mass is 16.4. The molecule has 0 radical (unpaired) electrons. The molecule has 0 spiro atoms. The van der Waals surface area contributed by atoms with Gasteiger partial charge in [0.15, 0.2) is 0 Å². The number of carboxylic acids is 1. The molecule has 1 aliphatic rings. The molecular weight excluding hydrogens is 232 g/mol. The van der Waals surface area contributed by atoms with Crippen LogP contribution in [0.25, 0.3) is 0 Å². The van der Waals surface area contributed by atoms with Gasteiger partial charge in [0.25, 0.3) is 0 Å². The van der Waals surface area contributed by atoms with Crippen LogP contribution in [-0.2, 0) is 16.0 Å². The van der Waals surface area contributed by atoms with Crippen LogP contribution in [-0.4, -0.2) is 30.1 Å². The van der Waals surface area contributed by atoms with E-state index in [1.807, 2.05) is 24.3 Å². The summed E-state index contributed by atoms with van der Waals surface area (Å²) in [6, 6.07) is 7.90. The Labute approximate surface area is 105 Å². The molecule has 96 valence electrons. The Morgan fingerprint density at radius 3 is 2.94 bits per heavy atom. The number of anilines is 1. The minimum Gasteiger partial charge on any atom is -0.481 e. The summed E-state index contributed by atoms with van der Waals surface area (Å²) in [6.45, 7) is 0.780. The van der Waals surface area contributed by atoms with Crippen LogP contribution in [0.5, 0.6) is 0 Å². The third-order valence-corrected chi connectivity index (χ3v) is 3.03. The summed E-state index contributed by atoms with van der Waals surface area (Å²) in [5, 5.41) is 14.4. The highest BCUT2D eigenvalue weighted by molar-refractivity contribution is 5.81. The van der Waals surface area contributed by atoms with E-state index in [1.165, 1.54) is 0 Å². The highest BCUT2D eigenvalue weighted by Crippen LogP contribution is 2.24. The second kappa shape index (κ2) is 5.53. The lowest BCUT2D eigenvalue weighted by Gasteiger charge is -2.25. The van der Waals surface area contributed by atoms with E-state index < -0.39 is 5.97 Å². The lowest BCUT2D eigenvalue weighted by molar-refractivity contribution is -0.137. The van der Waals surface area contributed by atoms with E-state index in [-0.39, 0.29) is 24.8 Å². The maximum Gasteiger partial charge on any atom is 0.305 e. The van der Waals surface area contributed by atoms with Crippen LogP contribution in [0.3, 0.4) is 0 Å². The van der Waals surface area contributed by atoms with E-state index in [9.17, 15) is 9.59 Å². The Balaban J connectivity index is 1.88. The van der Waals surface area contributed by atoms with Crippen LogP contribution < -0.4 is 10.6 Å². The van der Waals surface area contributed by atoms with Crippen molar-refractivity contribution in [2.45, 2.75) is 12.8 Å². The average Bonchev–Trinajstić information content (AvgIpc) is 2.37. The van der Waals surface area contributed by atoms with Crippen molar-refractivity contribution in [3.63, 3.8) is 0 Å². The Kier molecular flexibility index (Phi) is 3.82. The van der Waals surface area contributed by atoms with E-state index in [4.69, 9.17) is 5.11 Å². The van der Waals surface area contributed by atoms with Crippen molar-refractivity contribution in [2.24, 2.45) is 5.92 Å². The van der Waals surface area contributed by atoms with Gasteiger partial charge in [-0.25, -0.2) is 0 Å². The topological polar surface area (TPSA) is 78.4 Å². The zero-order valence-corrected chi connectivity index (χ0v) is 9.98. The van der Waals surface area contributed by atoms with Crippen LogP contribution in [0.2, 0.25) is 0 Å². The summed E-state index contributed by atoms with van der Waals surface area (Å²) in [7, 11) is 0. The number of carbonyl (C=O) groups is 2. The van der Waals surface area contributed by atoms with Crippen LogP contribution in [0, 0.1) is 5.92 Å². The summed E-state index contributed by atoms with van der Waals surface area (Å²) in [4.78, 5) is 22.2. The van der Waals surface area contributed by atoms with Gasteiger partial charge in [-0.1, -0.05) is 18.2 Å². The summed E-state index contributed by atoms with van der Waals surface area (Å²) >= 11 is 0. The van der Waals surface area contributed by atoms with Crippen molar-refractivity contribution in [3.8, 4) is 0 Å². The number of hydrogen-bond acceptors (Lipinski definition) is 3. The van der Waals surface area contributed by atoms with Crippen LogP contribution in [0.15, 0.2) is 24.3 Å². The summed E-state index contributed by atoms with van der Waals surface area (Å²) in [5.41, 5.74) is 2.20. The zero-order chi connectivity index (χ0) is 13.0. The lowest BCUT2D eigenvalue weighted by Crippen LogP contribution is -2.38. The first-order chi connectivity index (χ1) is 8.66. The first-order valence-corrected chi connectivity index (χ1v) is 5.98. The molecule has 1 atom stereocenters. The number of fused-ring (bicyclic) bond motifs is 1. The van der Waals surface area contributed by atoms with Gasteiger partial charge in [-0.05, 0) is 18.1 Å². The van der Waals surface area contributed by atoms with Crippen molar-refractivity contribution in [1.29, 1.82) is 0 Å². The molecule has 1 aromatic rings. The first-order valence-electron chi connectivity index (χ1n) is 5.98. The number of amides is 1. The third-order valence-electron chi connectivity index (χ3n) is 3.03. The Morgan fingerprint density at radius 2 is 2.17 bits per heavy atom. The second-order valence-corrected chi connectivity index (χ2v) is 4.37. The number of nitrogens with one attached hydrogen (secondary N) is 2. The summed E-state index contributed by atoms with van der Waals surface area (Å²) in [6.07, 6.45) is 0.657. The minimum absolute atomic E-state index is 0.0392. The number of aliphatic carboxylic acids is 1. The number of para-hydroxylation sites is 1. The Bertz CT molecular complexity index is 459. The van der Waals surface area contributed by atoms with E-state index in [1.54, 1.807) is 0 Å². The van der Waals surface area contributed by atoms with Crippen molar-refractivity contribution in [1.82, 2.24) is 5.32 Å². The molecule has 1 aliphatic heterocycles. The molecule has 1 heterocycles. The van der Waals surface area contributed by atoms with Gasteiger partial charge in [-0.2, -0.15) is 0 Å². The van der Waals surface area contributed by atoms with Gasteiger partial charge in [-0.15, -0.1) is 0 Å². The average molecular weight is 248 g/mol. The summed E-state index contributed by atoms with van der Waals surface area (Å²) in [5.74, 6) is -1.12. The van der Waals surface area contributed by atoms with Gasteiger partial charge in [0.1, 0.15) is 0 Å². The first kappa shape index (κ1) is 12.4. The molecule has 1 aromatic carbocycles. The molecule has 0 fully saturated rings. The number of carbonyl (C=O) groups excluding carboxylic acids is 1. The summed E-state index contributed by atoms with van der Waals surface area (Å²) < 4.78 is 0. The van der Waals surface area contributed by atoms with Gasteiger partial charge in [0.05, 0.1) is 12.3 Å². The van der Waals surface area contributed by atoms with Gasteiger partial charge < -0.3 is 15.7 Å². The number of rotatable bonds is 4. The second-order valence-electron chi connectivity index (χ2n) is 4.37. The fourth-order valence-electron chi connectivity index (χ4n) is 2.06. The lowest BCUT2D eigenvalue weighted by atomic mass is 9.93. The molecule has 3 N–H and O–H groups in total. The van der Waals surface area contributed by atoms with Crippen LogP contribution in [0.1, 0.15) is 12.0 Å².